The summed E-state index contributed by atoms with van der Waals surface area (Å²) in [7, 11) is -3.15. The molecule has 7 heteroatoms. The van der Waals surface area contributed by atoms with Crippen molar-refractivity contribution >= 4 is 31.9 Å². The zero-order valence-electron chi connectivity index (χ0n) is 7.86. The highest BCUT2D eigenvalue weighted by atomic mass is 79.9. The molecule has 1 atom stereocenters. The molecule has 0 aromatic heterocycles. The molecule has 0 aromatic carbocycles. The van der Waals surface area contributed by atoms with Crippen molar-refractivity contribution < 1.29 is 13.2 Å². The van der Waals surface area contributed by atoms with Gasteiger partial charge in [0, 0.05) is 19.6 Å². The van der Waals surface area contributed by atoms with Gasteiger partial charge in [0.2, 0.25) is 15.9 Å². The van der Waals surface area contributed by atoms with Crippen molar-refractivity contribution in [2.24, 2.45) is 0 Å². The van der Waals surface area contributed by atoms with Gasteiger partial charge in [-0.2, -0.15) is 0 Å². The molecule has 0 saturated carbocycles. The van der Waals surface area contributed by atoms with Gasteiger partial charge in [0.25, 0.3) is 0 Å². The van der Waals surface area contributed by atoms with Gasteiger partial charge in [0.05, 0.1) is 11.1 Å². The Labute approximate surface area is 92.0 Å². The van der Waals surface area contributed by atoms with Crippen LogP contribution in [0.1, 0.15) is 6.42 Å². The summed E-state index contributed by atoms with van der Waals surface area (Å²) in [4.78, 5) is 12.9. The van der Waals surface area contributed by atoms with E-state index in [2.05, 4.69) is 20.7 Å². The van der Waals surface area contributed by atoms with E-state index in [1.54, 1.807) is 4.90 Å². The molecule has 0 radical (unpaired) electrons. The first-order valence-corrected chi connectivity index (χ1v) is 7.08. The quantitative estimate of drug-likeness (QED) is 0.710. The van der Waals surface area contributed by atoms with Crippen molar-refractivity contribution in [2.45, 2.75) is 11.2 Å². The van der Waals surface area contributed by atoms with Gasteiger partial charge in [-0.1, -0.05) is 15.9 Å². The van der Waals surface area contributed by atoms with Gasteiger partial charge in [-0.25, -0.2) is 13.1 Å². The molecule has 0 bridgehead atoms. The summed E-state index contributed by atoms with van der Waals surface area (Å²) in [6.07, 6.45) is 1.89. The third kappa shape index (κ3) is 3.55. The molecule has 1 saturated heterocycles. The van der Waals surface area contributed by atoms with Crippen LogP contribution in [0.3, 0.4) is 0 Å². The number of halogens is 1. The van der Waals surface area contributed by atoms with Crippen LogP contribution in [0.2, 0.25) is 0 Å². The van der Waals surface area contributed by atoms with Crippen LogP contribution in [-0.2, 0) is 14.8 Å². The van der Waals surface area contributed by atoms with Gasteiger partial charge in [-0.05, 0) is 6.42 Å². The molecule has 1 rings (SSSR count). The second kappa shape index (κ2) is 4.59. The van der Waals surface area contributed by atoms with Gasteiger partial charge in [-0.15, -0.1) is 0 Å². The number of amides is 1. The Bertz CT molecular complexity index is 317. The number of hydrogen-bond donors (Lipinski definition) is 1. The third-order valence-electron chi connectivity index (χ3n) is 1.98. The molecule has 14 heavy (non-hydrogen) atoms. The molecule has 0 spiro atoms. The largest absolute Gasteiger partial charge is 0.340 e. The van der Waals surface area contributed by atoms with Crippen molar-refractivity contribution in [3.8, 4) is 0 Å². The maximum Gasteiger partial charge on any atom is 0.236 e. The van der Waals surface area contributed by atoms with E-state index < -0.39 is 10.0 Å². The Morgan fingerprint density at radius 2 is 2.29 bits per heavy atom. The molecule has 1 amide bonds. The monoisotopic (exact) mass is 284 g/mol. The fraction of sp³-hybridized carbons (Fsp3) is 0.857. The van der Waals surface area contributed by atoms with Crippen LogP contribution in [0.25, 0.3) is 0 Å². The predicted molar refractivity (Wildman–Crippen MR) is 56.8 cm³/mol. The van der Waals surface area contributed by atoms with Gasteiger partial charge in [0.15, 0.2) is 0 Å². The van der Waals surface area contributed by atoms with Gasteiger partial charge in [0.1, 0.15) is 0 Å². The molecule has 1 unspecified atom stereocenters. The second-order valence-corrected chi connectivity index (χ2v) is 6.19. The molecule has 82 valence electrons. The van der Waals surface area contributed by atoms with E-state index in [9.17, 15) is 13.2 Å². The van der Waals surface area contributed by atoms with Crippen LogP contribution >= 0.6 is 15.9 Å². The van der Waals surface area contributed by atoms with Crippen LogP contribution in [0, 0.1) is 0 Å². The van der Waals surface area contributed by atoms with E-state index in [0.29, 0.717) is 13.1 Å². The lowest BCUT2D eigenvalue weighted by Crippen LogP contribution is -2.36. The Kier molecular flexibility index (Phi) is 3.91. The minimum absolute atomic E-state index is 0.0419. The number of hydrogen-bond acceptors (Lipinski definition) is 3. The average molecular weight is 285 g/mol. The fourth-order valence-corrected chi connectivity index (χ4v) is 2.25. The Hall–Kier alpha value is -0.140. The summed E-state index contributed by atoms with van der Waals surface area (Å²) in [6.45, 7) is 1.42. The van der Waals surface area contributed by atoms with Crippen LogP contribution in [0.5, 0.6) is 0 Å². The molecule has 0 aromatic rings. The minimum atomic E-state index is -3.15. The molecule has 1 aliphatic rings. The summed E-state index contributed by atoms with van der Waals surface area (Å²) in [5.41, 5.74) is 0. The number of carbonyl (C=O) groups is 1. The standard InChI is InChI=1S/C7H13BrN2O3S/c1-14(12,13)9-3-5-10-4-2-6(8)7(10)11/h6,9H,2-5H2,1H3. The lowest BCUT2D eigenvalue weighted by molar-refractivity contribution is -0.127. The van der Waals surface area contributed by atoms with Gasteiger partial charge < -0.3 is 4.90 Å². The zero-order valence-corrected chi connectivity index (χ0v) is 10.3. The summed E-state index contributed by atoms with van der Waals surface area (Å²) in [6, 6.07) is 0. The lowest BCUT2D eigenvalue weighted by Gasteiger charge is -2.15. The summed E-state index contributed by atoms with van der Waals surface area (Å²) in [5, 5.41) is 0. The maximum absolute atomic E-state index is 11.4. The first-order valence-electron chi connectivity index (χ1n) is 4.27. The van der Waals surface area contributed by atoms with E-state index in [1.807, 2.05) is 0 Å². The SMILES string of the molecule is CS(=O)(=O)NCCN1CCC(Br)C1=O. The van der Waals surface area contributed by atoms with Gasteiger partial charge in [-0.3, -0.25) is 4.79 Å². The van der Waals surface area contributed by atoms with Crippen LogP contribution in [0.4, 0.5) is 0 Å². The van der Waals surface area contributed by atoms with E-state index >= 15 is 0 Å². The maximum atomic E-state index is 11.4. The topological polar surface area (TPSA) is 66.5 Å². The second-order valence-electron chi connectivity index (χ2n) is 3.25. The molecule has 5 nitrogen and oxygen atoms in total. The first-order chi connectivity index (χ1) is 6.40. The summed E-state index contributed by atoms with van der Waals surface area (Å²) < 4.78 is 23.8. The number of nitrogens with zero attached hydrogens (tertiary/aromatic N) is 1. The molecular formula is C7H13BrN2O3S. The van der Waals surface area contributed by atoms with E-state index in [0.717, 1.165) is 12.7 Å². The fourth-order valence-electron chi connectivity index (χ4n) is 1.29. The lowest BCUT2D eigenvalue weighted by atomic mass is 10.4. The normalized spacial score (nSPS) is 23.1. The highest BCUT2D eigenvalue weighted by Gasteiger charge is 2.28. The minimum Gasteiger partial charge on any atom is -0.340 e. The number of alkyl halides is 1. The highest BCUT2D eigenvalue weighted by Crippen LogP contribution is 2.17. The van der Waals surface area contributed by atoms with E-state index in [-0.39, 0.29) is 17.3 Å². The average Bonchev–Trinajstić information content (AvgIpc) is 2.33. The highest BCUT2D eigenvalue weighted by molar-refractivity contribution is 9.10. The smallest absolute Gasteiger partial charge is 0.236 e. The molecule has 1 N–H and O–H groups in total. The van der Waals surface area contributed by atoms with Gasteiger partial charge >= 0.3 is 0 Å². The Balaban J connectivity index is 2.30. The van der Waals surface area contributed by atoms with E-state index in [1.165, 1.54) is 0 Å². The van der Waals surface area contributed by atoms with Crippen molar-refractivity contribution in [2.75, 3.05) is 25.9 Å². The molecule has 1 aliphatic heterocycles. The van der Waals surface area contributed by atoms with Crippen LogP contribution in [-0.4, -0.2) is 49.9 Å². The number of rotatable bonds is 4. The zero-order chi connectivity index (χ0) is 10.8. The Morgan fingerprint density at radius 3 is 2.71 bits per heavy atom. The summed E-state index contributed by atoms with van der Waals surface area (Å²) >= 11 is 3.25. The molecule has 1 heterocycles. The summed E-state index contributed by atoms with van der Waals surface area (Å²) in [5.74, 6) is 0.0419. The van der Waals surface area contributed by atoms with Crippen molar-refractivity contribution in [3.63, 3.8) is 0 Å². The van der Waals surface area contributed by atoms with Crippen molar-refractivity contribution in [1.82, 2.24) is 9.62 Å². The predicted octanol–water partition coefficient (Wildman–Crippen LogP) is -0.469. The van der Waals surface area contributed by atoms with Crippen molar-refractivity contribution in [3.05, 3.63) is 0 Å². The number of likely N-dealkylation sites (tertiary alicyclic amines) is 1. The molecule has 0 aliphatic carbocycles. The number of nitrogens with one attached hydrogen (secondary N) is 1. The number of carbonyl (C=O) groups excluding carboxylic acids is 1. The Morgan fingerprint density at radius 1 is 1.64 bits per heavy atom. The van der Waals surface area contributed by atoms with Crippen LogP contribution in [0.15, 0.2) is 0 Å². The van der Waals surface area contributed by atoms with Crippen LogP contribution < -0.4 is 4.72 Å². The molecule has 1 fully saturated rings. The molecular weight excluding hydrogens is 272 g/mol. The number of sulfonamides is 1. The van der Waals surface area contributed by atoms with Crippen molar-refractivity contribution in [1.29, 1.82) is 0 Å². The third-order valence-corrected chi connectivity index (χ3v) is 3.56. The van der Waals surface area contributed by atoms with E-state index in [4.69, 9.17) is 0 Å². The first kappa shape index (κ1) is 11.9.